The lowest BCUT2D eigenvalue weighted by Gasteiger charge is -2.23. The lowest BCUT2D eigenvalue weighted by Crippen LogP contribution is -2.49. The van der Waals surface area contributed by atoms with E-state index in [0.29, 0.717) is 6.54 Å². The van der Waals surface area contributed by atoms with Crippen molar-refractivity contribution in [3.63, 3.8) is 0 Å². The number of aromatic nitrogens is 1. The van der Waals surface area contributed by atoms with Crippen LogP contribution >= 0.6 is 11.3 Å². The Morgan fingerprint density at radius 1 is 1.42 bits per heavy atom. The van der Waals surface area contributed by atoms with Gasteiger partial charge in [0.05, 0.1) is 19.3 Å². The number of urea groups is 1. The molecular formula is C16H26N4O3S. The highest BCUT2D eigenvalue weighted by Crippen LogP contribution is 2.24. The van der Waals surface area contributed by atoms with E-state index in [4.69, 9.17) is 4.74 Å². The van der Waals surface area contributed by atoms with Crippen molar-refractivity contribution in [3.05, 3.63) is 11.1 Å². The molecule has 1 saturated heterocycles. The van der Waals surface area contributed by atoms with E-state index in [2.05, 4.69) is 15.2 Å². The number of methoxy groups -OCH3 is 1. The Hall–Kier alpha value is -1.83. The fourth-order valence-corrected chi connectivity index (χ4v) is 3.48. The molecule has 1 aliphatic heterocycles. The number of carbonyl (C=O) groups excluding carboxylic acids is 2. The van der Waals surface area contributed by atoms with Gasteiger partial charge in [-0.05, 0) is 18.8 Å². The third-order valence-electron chi connectivity index (χ3n) is 4.06. The van der Waals surface area contributed by atoms with Crippen LogP contribution < -0.4 is 10.2 Å². The van der Waals surface area contributed by atoms with Crippen LogP contribution in [0.2, 0.25) is 0 Å². The first-order valence-electron chi connectivity index (χ1n) is 8.21. The van der Waals surface area contributed by atoms with Crippen molar-refractivity contribution in [3.8, 4) is 0 Å². The van der Waals surface area contributed by atoms with E-state index in [1.54, 1.807) is 18.4 Å². The molecular weight excluding hydrogens is 328 g/mol. The van der Waals surface area contributed by atoms with Gasteiger partial charge in [-0.3, -0.25) is 0 Å². The molecule has 0 saturated carbocycles. The fourth-order valence-electron chi connectivity index (χ4n) is 2.61. The minimum absolute atomic E-state index is 0.0455. The highest BCUT2D eigenvalue weighted by molar-refractivity contribution is 7.13. The second-order valence-corrected chi connectivity index (χ2v) is 7.20. The topological polar surface area (TPSA) is 74.8 Å². The van der Waals surface area contributed by atoms with Crippen molar-refractivity contribution in [1.29, 1.82) is 0 Å². The number of esters is 1. The van der Waals surface area contributed by atoms with Gasteiger partial charge in [0.1, 0.15) is 6.04 Å². The highest BCUT2D eigenvalue weighted by Gasteiger charge is 2.26. The van der Waals surface area contributed by atoms with Crippen molar-refractivity contribution in [2.24, 2.45) is 5.92 Å². The van der Waals surface area contributed by atoms with Gasteiger partial charge in [0, 0.05) is 25.5 Å². The molecule has 0 bridgehead atoms. The molecule has 0 aromatic carbocycles. The molecule has 24 heavy (non-hydrogen) atoms. The summed E-state index contributed by atoms with van der Waals surface area (Å²) in [7, 11) is 3.02. The zero-order valence-corrected chi connectivity index (χ0v) is 15.6. The lowest BCUT2D eigenvalue weighted by molar-refractivity contribution is -0.144. The lowest BCUT2D eigenvalue weighted by atomic mass is 10.1. The summed E-state index contributed by atoms with van der Waals surface area (Å²) < 4.78 is 4.74. The number of thiazole rings is 1. The summed E-state index contributed by atoms with van der Waals surface area (Å²) in [6, 6.07) is -0.963. The summed E-state index contributed by atoms with van der Waals surface area (Å²) in [6.07, 6.45) is 2.42. The third-order valence-corrected chi connectivity index (χ3v) is 5.01. The van der Waals surface area contributed by atoms with Crippen LogP contribution in [0.1, 0.15) is 32.4 Å². The molecule has 7 nitrogen and oxygen atoms in total. The van der Waals surface area contributed by atoms with E-state index in [0.717, 1.165) is 23.9 Å². The van der Waals surface area contributed by atoms with Crippen LogP contribution in [0.5, 0.6) is 0 Å². The Bertz CT molecular complexity index is 569. The van der Waals surface area contributed by atoms with E-state index >= 15 is 0 Å². The zero-order valence-electron chi connectivity index (χ0n) is 14.7. The van der Waals surface area contributed by atoms with Crippen LogP contribution in [0.3, 0.4) is 0 Å². The van der Waals surface area contributed by atoms with Gasteiger partial charge in [-0.1, -0.05) is 13.8 Å². The molecule has 1 aromatic rings. The SMILES string of the molecule is COC(=O)[C@@H](NC(=O)N(C)Cc1csc(N2CCCC2)n1)C(C)C. The predicted octanol–water partition coefficient (Wildman–Crippen LogP) is 2.08. The molecule has 1 N–H and O–H groups in total. The van der Waals surface area contributed by atoms with Crippen LogP contribution in [0.4, 0.5) is 9.93 Å². The summed E-state index contributed by atoms with van der Waals surface area (Å²) in [6.45, 7) is 6.24. The minimum atomic E-state index is -0.652. The van der Waals surface area contributed by atoms with E-state index in [-0.39, 0.29) is 11.9 Å². The molecule has 0 aliphatic carbocycles. The Kier molecular flexibility index (Phi) is 6.42. The van der Waals surface area contributed by atoms with Gasteiger partial charge in [0.2, 0.25) is 0 Å². The summed E-state index contributed by atoms with van der Waals surface area (Å²) in [5, 5.41) is 5.73. The average molecular weight is 354 g/mol. The monoisotopic (exact) mass is 354 g/mol. The van der Waals surface area contributed by atoms with E-state index in [1.807, 2.05) is 19.2 Å². The third kappa shape index (κ3) is 4.59. The van der Waals surface area contributed by atoms with Crippen LogP contribution in [0, 0.1) is 5.92 Å². The largest absolute Gasteiger partial charge is 0.467 e. The molecule has 1 aliphatic rings. The number of carbonyl (C=O) groups is 2. The van der Waals surface area contributed by atoms with Gasteiger partial charge in [0.25, 0.3) is 0 Å². The number of hydrogen-bond donors (Lipinski definition) is 1. The summed E-state index contributed by atoms with van der Waals surface area (Å²) >= 11 is 1.61. The molecule has 2 heterocycles. The Morgan fingerprint density at radius 2 is 2.08 bits per heavy atom. The maximum atomic E-state index is 12.3. The first kappa shape index (κ1) is 18.5. The normalized spacial score (nSPS) is 15.5. The molecule has 0 unspecified atom stereocenters. The van der Waals surface area contributed by atoms with Crippen molar-refractivity contribution in [1.82, 2.24) is 15.2 Å². The van der Waals surface area contributed by atoms with Crippen molar-refractivity contribution < 1.29 is 14.3 Å². The standard InChI is InChI=1S/C16H26N4O3S/c1-11(2)13(14(21)23-4)18-15(22)19(3)9-12-10-24-16(17-12)20-7-5-6-8-20/h10-11,13H,5-9H2,1-4H3,(H,18,22)/t13-/m0/s1. The number of nitrogens with one attached hydrogen (secondary N) is 1. The molecule has 134 valence electrons. The smallest absolute Gasteiger partial charge is 0.328 e. The minimum Gasteiger partial charge on any atom is -0.467 e. The van der Waals surface area contributed by atoms with Crippen LogP contribution in [0.25, 0.3) is 0 Å². The van der Waals surface area contributed by atoms with Crippen molar-refractivity contribution in [2.75, 3.05) is 32.1 Å². The molecule has 1 aromatic heterocycles. The average Bonchev–Trinajstić information content (AvgIpc) is 3.22. The van der Waals surface area contributed by atoms with E-state index in [9.17, 15) is 9.59 Å². The highest BCUT2D eigenvalue weighted by atomic mass is 32.1. The Morgan fingerprint density at radius 3 is 2.67 bits per heavy atom. The number of amides is 2. The molecule has 2 rings (SSSR count). The number of anilines is 1. The predicted molar refractivity (Wildman–Crippen MR) is 94.2 cm³/mol. The molecule has 2 amide bonds. The number of ether oxygens (including phenoxy) is 1. The molecule has 0 radical (unpaired) electrons. The Labute approximate surface area is 147 Å². The zero-order chi connectivity index (χ0) is 17.7. The molecule has 1 atom stereocenters. The van der Waals surface area contributed by atoms with Gasteiger partial charge >= 0.3 is 12.0 Å². The first-order chi connectivity index (χ1) is 11.4. The van der Waals surface area contributed by atoms with Gasteiger partial charge in [-0.2, -0.15) is 0 Å². The number of nitrogens with zero attached hydrogens (tertiary/aromatic N) is 3. The second-order valence-electron chi connectivity index (χ2n) is 6.37. The maximum Gasteiger partial charge on any atom is 0.328 e. The first-order valence-corrected chi connectivity index (χ1v) is 9.09. The van der Waals surface area contributed by atoms with Crippen LogP contribution in [-0.2, 0) is 16.1 Å². The fraction of sp³-hybridized carbons (Fsp3) is 0.688. The molecule has 8 heteroatoms. The number of hydrogen-bond acceptors (Lipinski definition) is 6. The van der Waals surface area contributed by atoms with Gasteiger partial charge in [-0.15, -0.1) is 11.3 Å². The van der Waals surface area contributed by atoms with Crippen LogP contribution in [0.15, 0.2) is 5.38 Å². The summed E-state index contributed by atoms with van der Waals surface area (Å²) in [5.41, 5.74) is 0.860. The van der Waals surface area contributed by atoms with Gasteiger partial charge in [-0.25, -0.2) is 14.6 Å². The van der Waals surface area contributed by atoms with Crippen molar-refractivity contribution in [2.45, 2.75) is 39.3 Å². The van der Waals surface area contributed by atoms with Crippen LogP contribution in [-0.4, -0.2) is 55.2 Å². The summed E-state index contributed by atoms with van der Waals surface area (Å²) in [4.78, 5) is 32.5. The van der Waals surface area contributed by atoms with Crippen molar-refractivity contribution >= 4 is 28.5 Å². The van der Waals surface area contributed by atoms with Gasteiger partial charge < -0.3 is 19.9 Å². The Balaban J connectivity index is 1.92. The van der Waals surface area contributed by atoms with E-state index in [1.165, 1.54) is 24.9 Å². The second kappa shape index (κ2) is 8.32. The summed E-state index contributed by atoms with van der Waals surface area (Å²) in [5.74, 6) is -0.479. The quantitative estimate of drug-likeness (QED) is 0.792. The van der Waals surface area contributed by atoms with Gasteiger partial charge in [0.15, 0.2) is 5.13 Å². The molecule has 1 fully saturated rings. The van der Waals surface area contributed by atoms with E-state index < -0.39 is 12.0 Å². The molecule has 0 spiro atoms. The number of rotatable bonds is 6. The maximum absolute atomic E-state index is 12.3.